The number of oxazole rings is 1. The number of aryl methyl sites for hydroxylation is 2. The van der Waals surface area contributed by atoms with Gasteiger partial charge in [0.1, 0.15) is 11.3 Å². The third kappa shape index (κ3) is 2.32. The Morgan fingerprint density at radius 2 is 2.00 bits per heavy atom. The van der Waals surface area contributed by atoms with Crippen molar-refractivity contribution in [1.82, 2.24) is 4.98 Å². The monoisotopic (exact) mass is 268 g/mol. The predicted octanol–water partition coefficient (Wildman–Crippen LogP) is 3.61. The maximum absolute atomic E-state index is 5.83. The molecule has 0 radical (unpaired) electrons. The zero-order valence-corrected chi connectivity index (χ0v) is 11.5. The highest BCUT2D eigenvalue weighted by Gasteiger charge is 2.10. The van der Waals surface area contributed by atoms with Gasteiger partial charge in [-0.2, -0.15) is 0 Å². The van der Waals surface area contributed by atoms with Crippen molar-refractivity contribution in [3.8, 4) is 5.75 Å². The normalized spacial score (nSPS) is 10.9. The third-order valence-corrected chi connectivity index (χ3v) is 3.13. The molecule has 0 saturated carbocycles. The maximum atomic E-state index is 5.83. The summed E-state index contributed by atoms with van der Waals surface area (Å²) in [6.45, 7) is 4.32. The van der Waals surface area contributed by atoms with Crippen molar-refractivity contribution in [2.24, 2.45) is 0 Å². The van der Waals surface area contributed by atoms with Crippen molar-refractivity contribution >= 4 is 16.8 Å². The Balaban J connectivity index is 1.85. The number of nitrogens with two attached hydrogens (primary N) is 1. The molecule has 2 N–H and O–H groups in total. The van der Waals surface area contributed by atoms with E-state index in [-0.39, 0.29) is 6.61 Å². The number of nitrogens with zero attached hydrogens (tertiary/aromatic N) is 1. The Kier molecular flexibility index (Phi) is 3.06. The lowest BCUT2D eigenvalue weighted by molar-refractivity contribution is 0.268. The van der Waals surface area contributed by atoms with Crippen LogP contribution in [0.5, 0.6) is 5.75 Å². The lowest BCUT2D eigenvalue weighted by Crippen LogP contribution is -1.98. The molecule has 4 nitrogen and oxygen atoms in total. The highest BCUT2D eigenvalue weighted by atomic mass is 16.5. The fourth-order valence-corrected chi connectivity index (χ4v) is 2.24. The van der Waals surface area contributed by atoms with Crippen LogP contribution in [-0.4, -0.2) is 4.98 Å². The van der Waals surface area contributed by atoms with E-state index in [4.69, 9.17) is 14.9 Å². The maximum Gasteiger partial charge on any atom is 0.233 e. The lowest BCUT2D eigenvalue weighted by atomic mass is 10.1. The number of hydrogen-bond acceptors (Lipinski definition) is 4. The van der Waals surface area contributed by atoms with E-state index in [1.54, 1.807) is 6.07 Å². The van der Waals surface area contributed by atoms with Crippen LogP contribution in [-0.2, 0) is 6.61 Å². The molecule has 0 saturated heterocycles. The summed E-state index contributed by atoms with van der Waals surface area (Å²) >= 11 is 0. The first-order valence-corrected chi connectivity index (χ1v) is 6.47. The van der Waals surface area contributed by atoms with Gasteiger partial charge in [-0.05, 0) is 43.2 Å². The average molecular weight is 268 g/mol. The molecule has 1 heterocycles. The number of fused-ring (bicyclic) bond motifs is 1. The van der Waals surface area contributed by atoms with Gasteiger partial charge in [-0.3, -0.25) is 0 Å². The molecule has 0 unspecified atom stereocenters. The molecule has 102 valence electrons. The van der Waals surface area contributed by atoms with Crippen molar-refractivity contribution in [2.45, 2.75) is 20.5 Å². The molecule has 0 atom stereocenters. The van der Waals surface area contributed by atoms with E-state index in [0.717, 1.165) is 16.7 Å². The van der Waals surface area contributed by atoms with Crippen molar-refractivity contribution in [2.75, 3.05) is 5.73 Å². The molecule has 3 rings (SSSR count). The van der Waals surface area contributed by atoms with Gasteiger partial charge < -0.3 is 14.9 Å². The van der Waals surface area contributed by atoms with Gasteiger partial charge in [0.25, 0.3) is 0 Å². The number of nitrogen functional groups attached to an aromatic ring is 1. The second kappa shape index (κ2) is 4.89. The summed E-state index contributed by atoms with van der Waals surface area (Å²) in [5.41, 5.74) is 10.4. The molecule has 1 aromatic heterocycles. The SMILES string of the molecule is Cc1cc(C)c2oc(COc3ccccc3N)nc2c1. The largest absolute Gasteiger partial charge is 0.482 e. The summed E-state index contributed by atoms with van der Waals surface area (Å²) in [6.07, 6.45) is 0. The summed E-state index contributed by atoms with van der Waals surface area (Å²) in [5.74, 6) is 1.19. The van der Waals surface area contributed by atoms with Crippen LogP contribution in [0, 0.1) is 13.8 Å². The molecule has 20 heavy (non-hydrogen) atoms. The molecule has 4 heteroatoms. The number of benzene rings is 2. The molecule has 0 spiro atoms. The number of rotatable bonds is 3. The quantitative estimate of drug-likeness (QED) is 0.737. The lowest BCUT2D eigenvalue weighted by Gasteiger charge is -2.05. The highest BCUT2D eigenvalue weighted by Crippen LogP contribution is 2.24. The minimum absolute atomic E-state index is 0.265. The van der Waals surface area contributed by atoms with E-state index >= 15 is 0 Å². The molecular weight excluding hydrogens is 252 g/mol. The highest BCUT2D eigenvalue weighted by molar-refractivity contribution is 5.77. The van der Waals surface area contributed by atoms with Crippen LogP contribution in [0.4, 0.5) is 5.69 Å². The summed E-state index contributed by atoms with van der Waals surface area (Å²) in [5, 5.41) is 0. The number of aromatic nitrogens is 1. The van der Waals surface area contributed by atoms with Gasteiger partial charge in [0.2, 0.25) is 5.89 Å². The van der Waals surface area contributed by atoms with Gasteiger partial charge in [0, 0.05) is 0 Å². The molecule has 0 aliphatic rings. The molecule has 0 bridgehead atoms. The van der Waals surface area contributed by atoms with Crippen LogP contribution in [0.25, 0.3) is 11.1 Å². The van der Waals surface area contributed by atoms with Gasteiger partial charge in [-0.1, -0.05) is 18.2 Å². The zero-order chi connectivity index (χ0) is 14.1. The molecule has 3 aromatic rings. The Hall–Kier alpha value is -2.49. The Labute approximate surface area is 117 Å². The number of anilines is 1. The number of ether oxygens (including phenoxy) is 1. The first-order chi connectivity index (χ1) is 9.63. The molecule has 0 aliphatic carbocycles. The van der Waals surface area contributed by atoms with Gasteiger partial charge >= 0.3 is 0 Å². The standard InChI is InChI=1S/C16H16N2O2/c1-10-7-11(2)16-13(8-10)18-15(20-16)9-19-14-6-4-3-5-12(14)17/h3-8H,9,17H2,1-2H3. The van der Waals surface area contributed by atoms with Crippen molar-refractivity contribution in [1.29, 1.82) is 0 Å². The second-order valence-electron chi connectivity index (χ2n) is 4.86. The minimum Gasteiger partial charge on any atom is -0.482 e. The van der Waals surface area contributed by atoms with Crippen LogP contribution in [0.15, 0.2) is 40.8 Å². The predicted molar refractivity (Wildman–Crippen MR) is 78.7 cm³/mol. The summed E-state index contributed by atoms with van der Waals surface area (Å²) < 4.78 is 11.4. The summed E-state index contributed by atoms with van der Waals surface area (Å²) in [4.78, 5) is 4.45. The summed E-state index contributed by atoms with van der Waals surface area (Å²) in [7, 11) is 0. The molecule has 0 fully saturated rings. The summed E-state index contributed by atoms with van der Waals surface area (Å²) in [6, 6.07) is 11.5. The van der Waals surface area contributed by atoms with Gasteiger partial charge in [0.15, 0.2) is 12.2 Å². The Morgan fingerprint density at radius 3 is 2.80 bits per heavy atom. The minimum atomic E-state index is 0.265. The molecule has 2 aromatic carbocycles. The average Bonchev–Trinajstić information content (AvgIpc) is 2.81. The van der Waals surface area contributed by atoms with Crippen LogP contribution < -0.4 is 10.5 Å². The topological polar surface area (TPSA) is 61.3 Å². The zero-order valence-electron chi connectivity index (χ0n) is 11.5. The van der Waals surface area contributed by atoms with Gasteiger partial charge in [-0.15, -0.1) is 0 Å². The fourth-order valence-electron chi connectivity index (χ4n) is 2.24. The Bertz CT molecular complexity index is 762. The van der Waals surface area contributed by atoms with Crippen LogP contribution in [0.2, 0.25) is 0 Å². The molecule has 0 amide bonds. The van der Waals surface area contributed by atoms with Gasteiger partial charge in [0.05, 0.1) is 5.69 Å². The first kappa shape index (κ1) is 12.5. The van der Waals surface area contributed by atoms with E-state index in [1.165, 1.54) is 5.56 Å². The van der Waals surface area contributed by atoms with E-state index in [1.807, 2.05) is 38.1 Å². The van der Waals surface area contributed by atoms with Crippen molar-refractivity contribution < 1.29 is 9.15 Å². The van der Waals surface area contributed by atoms with Crippen molar-refractivity contribution in [3.63, 3.8) is 0 Å². The van der Waals surface area contributed by atoms with Crippen LogP contribution >= 0.6 is 0 Å². The van der Waals surface area contributed by atoms with E-state index in [0.29, 0.717) is 17.3 Å². The third-order valence-electron chi connectivity index (χ3n) is 3.13. The smallest absolute Gasteiger partial charge is 0.233 e. The van der Waals surface area contributed by atoms with E-state index < -0.39 is 0 Å². The van der Waals surface area contributed by atoms with Crippen LogP contribution in [0.3, 0.4) is 0 Å². The van der Waals surface area contributed by atoms with E-state index in [9.17, 15) is 0 Å². The fraction of sp³-hybridized carbons (Fsp3) is 0.188. The van der Waals surface area contributed by atoms with E-state index in [2.05, 4.69) is 11.1 Å². The number of para-hydroxylation sites is 2. The number of hydrogen-bond donors (Lipinski definition) is 1. The van der Waals surface area contributed by atoms with Crippen LogP contribution in [0.1, 0.15) is 17.0 Å². The van der Waals surface area contributed by atoms with Gasteiger partial charge in [-0.25, -0.2) is 4.98 Å². The molecule has 0 aliphatic heterocycles. The first-order valence-electron chi connectivity index (χ1n) is 6.47. The Morgan fingerprint density at radius 1 is 1.20 bits per heavy atom. The second-order valence-corrected chi connectivity index (χ2v) is 4.86. The molecular formula is C16H16N2O2. The van der Waals surface area contributed by atoms with Crippen molar-refractivity contribution in [3.05, 3.63) is 53.4 Å².